The zero-order chi connectivity index (χ0) is 14.8. The molecule has 0 fully saturated rings. The standard InChI is InChI=1S/C16H16ClN3O/c17-12-5-1-3-10(7-12)9-21-16-13(15(18)19)8-11-4-2-6-14(11)20-16/h1,3,5,7-8H,2,4,6,9H2,(H3,18,19). The Labute approximate surface area is 128 Å². The van der Waals surface area contributed by atoms with Crippen LogP contribution in [0.3, 0.4) is 0 Å². The summed E-state index contributed by atoms with van der Waals surface area (Å²) < 4.78 is 5.77. The second-order valence-electron chi connectivity index (χ2n) is 5.13. The zero-order valence-corrected chi connectivity index (χ0v) is 12.3. The summed E-state index contributed by atoms with van der Waals surface area (Å²) in [6.45, 7) is 0.354. The summed E-state index contributed by atoms with van der Waals surface area (Å²) in [4.78, 5) is 4.54. The van der Waals surface area contributed by atoms with Crippen LogP contribution in [0, 0.1) is 5.41 Å². The minimum atomic E-state index is -0.0155. The largest absolute Gasteiger partial charge is 0.472 e. The van der Waals surface area contributed by atoms with Crippen LogP contribution >= 0.6 is 11.6 Å². The third-order valence-electron chi connectivity index (χ3n) is 3.57. The molecule has 0 aliphatic heterocycles. The smallest absolute Gasteiger partial charge is 0.225 e. The van der Waals surface area contributed by atoms with E-state index in [4.69, 9.17) is 27.5 Å². The number of fused-ring (bicyclic) bond motifs is 1. The Morgan fingerprint density at radius 1 is 1.33 bits per heavy atom. The van der Waals surface area contributed by atoms with Crippen molar-refractivity contribution in [2.45, 2.75) is 25.9 Å². The van der Waals surface area contributed by atoms with Crippen LogP contribution in [0.2, 0.25) is 5.02 Å². The van der Waals surface area contributed by atoms with E-state index in [2.05, 4.69) is 4.98 Å². The molecule has 1 heterocycles. The molecule has 21 heavy (non-hydrogen) atoms. The lowest BCUT2D eigenvalue weighted by molar-refractivity contribution is 0.292. The van der Waals surface area contributed by atoms with Crippen molar-refractivity contribution in [3.63, 3.8) is 0 Å². The summed E-state index contributed by atoms with van der Waals surface area (Å²) in [5.41, 5.74) is 9.40. The Bertz CT molecular complexity index is 700. The molecule has 2 aromatic rings. The van der Waals surface area contributed by atoms with Crippen LogP contribution in [0.1, 0.15) is 28.8 Å². The highest BCUT2D eigenvalue weighted by atomic mass is 35.5. The summed E-state index contributed by atoms with van der Waals surface area (Å²) in [7, 11) is 0. The monoisotopic (exact) mass is 301 g/mol. The fourth-order valence-electron chi connectivity index (χ4n) is 2.53. The highest BCUT2D eigenvalue weighted by Gasteiger charge is 2.18. The maximum Gasteiger partial charge on any atom is 0.225 e. The summed E-state index contributed by atoms with van der Waals surface area (Å²) in [6.07, 6.45) is 3.05. The van der Waals surface area contributed by atoms with Crippen LogP contribution < -0.4 is 10.5 Å². The van der Waals surface area contributed by atoms with Crippen molar-refractivity contribution >= 4 is 17.4 Å². The van der Waals surface area contributed by atoms with Gasteiger partial charge in [-0.25, -0.2) is 4.98 Å². The molecule has 0 atom stereocenters. The zero-order valence-electron chi connectivity index (χ0n) is 11.5. The molecule has 0 unspecified atom stereocenters. The minimum absolute atomic E-state index is 0.0155. The fourth-order valence-corrected chi connectivity index (χ4v) is 2.75. The second-order valence-corrected chi connectivity index (χ2v) is 5.57. The fraction of sp³-hybridized carbons (Fsp3) is 0.250. The molecule has 0 radical (unpaired) electrons. The third kappa shape index (κ3) is 3.00. The lowest BCUT2D eigenvalue weighted by atomic mass is 10.1. The van der Waals surface area contributed by atoms with Crippen molar-refractivity contribution in [3.05, 3.63) is 57.7 Å². The quantitative estimate of drug-likeness (QED) is 0.673. The number of rotatable bonds is 4. The van der Waals surface area contributed by atoms with Gasteiger partial charge in [-0.15, -0.1) is 0 Å². The molecule has 0 saturated carbocycles. The first-order valence-corrected chi connectivity index (χ1v) is 7.26. The van der Waals surface area contributed by atoms with Gasteiger partial charge in [0.05, 0.1) is 5.56 Å². The highest BCUT2D eigenvalue weighted by Crippen LogP contribution is 2.27. The normalized spacial score (nSPS) is 13.0. The van der Waals surface area contributed by atoms with Gasteiger partial charge >= 0.3 is 0 Å². The SMILES string of the molecule is N=C(N)c1cc2c(nc1OCc1cccc(Cl)c1)CCC2. The van der Waals surface area contributed by atoms with Crippen molar-refractivity contribution in [3.8, 4) is 5.88 Å². The Hall–Kier alpha value is -2.07. The molecule has 0 spiro atoms. The van der Waals surface area contributed by atoms with Gasteiger partial charge in [0.25, 0.3) is 0 Å². The van der Waals surface area contributed by atoms with Crippen molar-refractivity contribution in [1.29, 1.82) is 5.41 Å². The number of halogens is 1. The predicted octanol–water partition coefficient (Wildman–Crippen LogP) is 3.09. The maximum atomic E-state index is 7.69. The number of aryl methyl sites for hydroxylation is 2. The Morgan fingerprint density at radius 3 is 2.95 bits per heavy atom. The lowest BCUT2D eigenvalue weighted by Gasteiger charge is -2.12. The maximum absolute atomic E-state index is 7.69. The van der Waals surface area contributed by atoms with Gasteiger partial charge in [0.2, 0.25) is 5.88 Å². The molecule has 1 aliphatic rings. The number of nitrogens with zero attached hydrogens (tertiary/aromatic N) is 1. The van der Waals surface area contributed by atoms with E-state index in [1.165, 1.54) is 5.56 Å². The number of hydrogen-bond acceptors (Lipinski definition) is 3. The number of aromatic nitrogens is 1. The van der Waals surface area contributed by atoms with E-state index in [9.17, 15) is 0 Å². The van der Waals surface area contributed by atoms with Gasteiger partial charge in [0, 0.05) is 10.7 Å². The molecular weight excluding hydrogens is 286 g/mol. The molecule has 0 amide bonds. The average Bonchev–Trinajstić information content (AvgIpc) is 2.91. The van der Waals surface area contributed by atoms with Crippen LogP contribution in [0.5, 0.6) is 5.88 Å². The molecular formula is C16H16ClN3O. The number of pyridine rings is 1. The van der Waals surface area contributed by atoms with E-state index in [1.807, 2.05) is 30.3 Å². The van der Waals surface area contributed by atoms with E-state index in [-0.39, 0.29) is 5.84 Å². The van der Waals surface area contributed by atoms with Crippen molar-refractivity contribution in [2.24, 2.45) is 5.73 Å². The van der Waals surface area contributed by atoms with E-state index in [1.54, 1.807) is 0 Å². The van der Waals surface area contributed by atoms with Crippen molar-refractivity contribution < 1.29 is 4.74 Å². The number of ether oxygens (including phenoxy) is 1. The molecule has 1 aromatic carbocycles. The molecule has 5 heteroatoms. The molecule has 4 nitrogen and oxygen atoms in total. The number of benzene rings is 1. The number of nitrogens with one attached hydrogen (secondary N) is 1. The first-order valence-electron chi connectivity index (χ1n) is 6.88. The van der Waals surface area contributed by atoms with Gasteiger partial charge in [0.15, 0.2) is 0 Å². The predicted molar refractivity (Wildman–Crippen MR) is 83.1 cm³/mol. The van der Waals surface area contributed by atoms with Gasteiger partial charge in [-0.3, -0.25) is 5.41 Å². The molecule has 0 saturated heterocycles. The van der Waals surface area contributed by atoms with E-state index in [0.717, 1.165) is 30.5 Å². The lowest BCUT2D eigenvalue weighted by Crippen LogP contribution is -2.15. The van der Waals surface area contributed by atoms with Crippen LogP contribution in [-0.4, -0.2) is 10.8 Å². The van der Waals surface area contributed by atoms with Crippen LogP contribution in [0.4, 0.5) is 0 Å². The number of nitrogen functional groups attached to an aromatic ring is 1. The summed E-state index contributed by atoms with van der Waals surface area (Å²) in [6, 6.07) is 9.42. The molecule has 3 rings (SSSR count). The van der Waals surface area contributed by atoms with Gasteiger partial charge < -0.3 is 10.5 Å². The molecule has 0 bridgehead atoms. The summed E-state index contributed by atoms with van der Waals surface area (Å²) in [5, 5.41) is 8.36. The van der Waals surface area contributed by atoms with Crippen LogP contribution in [0.15, 0.2) is 30.3 Å². The molecule has 108 valence electrons. The number of hydrogen-bond donors (Lipinski definition) is 2. The van der Waals surface area contributed by atoms with Gasteiger partial charge in [0.1, 0.15) is 12.4 Å². The van der Waals surface area contributed by atoms with E-state index in [0.29, 0.717) is 23.1 Å². The van der Waals surface area contributed by atoms with Gasteiger partial charge in [-0.2, -0.15) is 0 Å². The first kappa shape index (κ1) is 13.9. The molecule has 1 aromatic heterocycles. The molecule has 3 N–H and O–H groups in total. The first-order chi connectivity index (χ1) is 10.1. The van der Waals surface area contributed by atoms with Crippen molar-refractivity contribution in [2.75, 3.05) is 0 Å². The van der Waals surface area contributed by atoms with Gasteiger partial charge in [-0.05, 0) is 48.6 Å². The Balaban J connectivity index is 1.86. The van der Waals surface area contributed by atoms with Crippen LogP contribution in [-0.2, 0) is 19.4 Å². The topological polar surface area (TPSA) is 72.0 Å². The number of amidine groups is 1. The molecule has 1 aliphatic carbocycles. The summed E-state index contributed by atoms with van der Waals surface area (Å²) in [5.74, 6) is 0.418. The van der Waals surface area contributed by atoms with Gasteiger partial charge in [-0.1, -0.05) is 23.7 Å². The van der Waals surface area contributed by atoms with E-state index >= 15 is 0 Å². The van der Waals surface area contributed by atoms with Crippen molar-refractivity contribution in [1.82, 2.24) is 4.98 Å². The average molecular weight is 302 g/mol. The second kappa shape index (κ2) is 5.74. The number of nitrogens with two attached hydrogens (primary N) is 1. The highest BCUT2D eigenvalue weighted by molar-refractivity contribution is 6.30. The summed E-state index contributed by atoms with van der Waals surface area (Å²) >= 11 is 5.96. The Kier molecular flexibility index (Phi) is 3.80. The Morgan fingerprint density at radius 2 is 2.19 bits per heavy atom. The van der Waals surface area contributed by atoms with Crippen LogP contribution in [0.25, 0.3) is 0 Å². The van der Waals surface area contributed by atoms with E-state index < -0.39 is 0 Å². The third-order valence-corrected chi connectivity index (χ3v) is 3.81. The minimum Gasteiger partial charge on any atom is -0.472 e.